The molecule has 2 aliphatic rings. The Kier molecular flexibility index (Phi) is 6.59. The third kappa shape index (κ3) is 4.77. The number of hydrogen-bond acceptors (Lipinski definition) is 7. The summed E-state index contributed by atoms with van der Waals surface area (Å²) in [6.07, 6.45) is 7.43. The highest BCUT2D eigenvalue weighted by molar-refractivity contribution is 5.93. The molecule has 4 aromatic rings. The van der Waals surface area contributed by atoms with Gasteiger partial charge in [-0.2, -0.15) is 5.10 Å². The van der Waals surface area contributed by atoms with Gasteiger partial charge in [-0.15, -0.1) is 0 Å². The van der Waals surface area contributed by atoms with Crippen LogP contribution in [0.5, 0.6) is 0 Å². The first kappa shape index (κ1) is 24.6. The highest BCUT2D eigenvalue weighted by atomic mass is 19.1. The van der Waals surface area contributed by atoms with Gasteiger partial charge in [0, 0.05) is 49.1 Å². The molecule has 0 radical (unpaired) electrons. The number of carbonyl (C=O) groups excluding carboxylic acids is 1. The minimum Gasteiger partial charge on any atom is -0.378 e. The van der Waals surface area contributed by atoms with E-state index < -0.39 is 5.82 Å². The average Bonchev–Trinajstić information content (AvgIpc) is 3.23. The van der Waals surface area contributed by atoms with Gasteiger partial charge in [-0.05, 0) is 30.2 Å². The number of pyridine rings is 2. The van der Waals surface area contributed by atoms with Gasteiger partial charge in [-0.1, -0.05) is 13.8 Å². The Morgan fingerprint density at radius 2 is 1.95 bits per heavy atom. The number of fused-ring (bicyclic) bond motifs is 1. The molecule has 0 saturated carbocycles. The molecule has 10 heteroatoms. The minimum absolute atomic E-state index is 0.101. The lowest BCUT2D eigenvalue weighted by Crippen LogP contribution is -2.50. The fourth-order valence-electron chi connectivity index (χ4n) is 5.04. The van der Waals surface area contributed by atoms with Crippen LogP contribution in [0.2, 0.25) is 0 Å². The van der Waals surface area contributed by atoms with Crippen molar-refractivity contribution in [3.8, 4) is 11.3 Å². The summed E-state index contributed by atoms with van der Waals surface area (Å²) in [7, 11) is 0. The van der Waals surface area contributed by atoms with E-state index in [1.807, 2.05) is 36.7 Å². The highest BCUT2D eigenvalue weighted by Crippen LogP contribution is 2.27. The average molecular weight is 516 g/mol. The molecule has 2 aliphatic heterocycles. The quantitative estimate of drug-likeness (QED) is 0.389. The second-order valence-corrected chi connectivity index (χ2v) is 10.2. The van der Waals surface area contributed by atoms with Gasteiger partial charge < -0.3 is 9.64 Å². The van der Waals surface area contributed by atoms with E-state index in [0.717, 1.165) is 48.8 Å². The van der Waals surface area contributed by atoms with Crippen LogP contribution >= 0.6 is 0 Å². The second kappa shape index (κ2) is 10.2. The van der Waals surface area contributed by atoms with E-state index in [-0.39, 0.29) is 11.6 Å². The van der Waals surface area contributed by atoms with Crippen LogP contribution in [-0.2, 0) is 16.0 Å². The zero-order valence-electron chi connectivity index (χ0n) is 21.5. The van der Waals surface area contributed by atoms with E-state index in [4.69, 9.17) is 4.74 Å². The summed E-state index contributed by atoms with van der Waals surface area (Å²) in [4.78, 5) is 30.2. The lowest BCUT2D eigenvalue weighted by molar-refractivity contribution is -0.118. The summed E-state index contributed by atoms with van der Waals surface area (Å²) in [5.41, 5.74) is 4.48. The van der Waals surface area contributed by atoms with Crippen LogP contribution in [-0.4, -0.2) is 74.3 Å². The van der Waals surface area contributed by atoms with E-state index in [9.17, 15) is 9.18 Å². The van der Waals surface area contributed by atoms with Crippen molar-refractivity contribution in [2.45, 2.75) is 38.6 Å². The number of rotatable bonds is 6. The Bertz CT molecular complexity index is 1470. The molecule has 1 amide bonds. The third-order valence-electron chi connectivity index (χ3n) is 7.36. The van der Waals surface area contributed by atoms with Crippen LogP contribution in [0.1, 0.15) is 43.3 Å². The molecule has 4 aromatic heterocycles. The van der Waals surface area contributed by atoms with E-state index in [1.54, 1.807) is 15.6 Å². The number of carbonyl (C=O) groups is 1. The van der Waals surface area contributed by atoms with E-state index in [1.165, 1.54) is 6.20 Å². The largest absolute Gasteiger partial charge is 0.378 e. The molecule has 6 heterocycles. The van der Waals surface area contributed by atoms with Crippen molar-refractivity contribution in [2.75, 3.05) is 37.7 Å². The third-order valence-corrected chi connectivity index (χ3v) is 7.36. The molecular weight excluding hydrogens is 485 g/mol. The van der Waals surface area contributed by atoms with Crippen LogP contribution in [0.4, 0.5) is 10.1 Å². The van der Waals surface area contributed by atoms with Crippen LogP contribution in [0, 0.1) is 5.82 Å². The normalized spacial score (nSPS) is 17.3. The van der Waals surface area contributed by atoms with Crippen LogP contribution < -0.4 is 4.90 Å². The number of ether oxygens (including phenoxy) is 1. The fraction of sp³-hybridized carbons (Fsp3) is 0.393. The summed E-state index contributed by atoms with van der Waals surface area (Å²) < 4.78 is 21.9. The Hall–Kier alpha value is -3.76. The predicted octanol–water partition coefficient (Wildman–Crippen LogP) is 3.48. The molecule has 196 valence electrons. The van der Waals surface area contributed by atoms with Gasteiger partial charge in [0.1, 0.15) is 11.5 Å². The molecule has 0 atom stereocenters. The number of halogens is 1. The highest BCUT2D eigenvalue weighted by Gasteiger charge is 2.30. The Balaban J connectivity index is 1.19. The standard InChI is InChI=1S/C28H30FN7O2/c1-18(2)23-14-32-36-8-5-19(11-25(23)36)28-24(29)15-31-26(33-28)12-20-3-4-21(13-30-20)35-10-9-34(7-6-27(35)37)22-16-38-17-22/h3-5,8,11,13-15,18,22H,6-7,9-10,12,16-17H2,1-2H3. The Labute approximate surface area is 220 Å². The maximum absolute atomic E-state index is 14.8. The molecule has 0 bridgehead atoms. The first-order valence-corrected chi connectivity index (χ1v) is 13.0. The van der Waals surface area contributed by atoms with Gasteiger partial charge in [0.05, 0.1) is 55.5 Å². The van der Waals surface area contributed by atoms with Crippen LogP contribution in [0.15, 0.2) is 49.1 Å². The van der Waals surface area contributed by atoms with Crippen molar-refractivity contribution in [1.29, 1.82) is 0 Å². The monoisotopic (exact) mass is 515 g/mol. The number of hydrogen-bond donors (Lipinski definition) is 0. The Morgan fingerprint density at radius 1 is 1.08 bits per heavy atom. The number of nitrogens with zero attached hydrogens (tertiary/aromatic N) is 7. The van der Waals surface area contributed by atoms with Crippen molar-refractivity contribution in [3.05, 3.63) is 72.0 Å². The molecule has 2 saturated heterocycles. The topological polar surface area (TPSA) is 88.8 Å². The number of amides is 1. The summed E-state index contributed by atoms with van der Waals surface area (Å²) >= 11 is 0. The van der Waals surface area contributed by atoms with Gasteiger partial charge in [0.2, 0.25) is 5.91 Å². The van der Waals surface area contributed by atoms with Crippen molar-refractivity contribution in [1.82, 2.24) is 29.5 Å². The van der Waals surface area contributed by atoms with E-state index >= 15 is 0 Å². The molecule has 0 aromatic carbocycles. The van der Waals surface area contributed by atoms with Gasteiger partial charge >= 0.3 is 0 Å². The first-order valence-electron chi connectivity index (χ1n) is 13.0. The fourth-order valence-corrected chi connectivity index (χ4v) is 5.04. The van der Waals surface area contributed by atoms with Crippen molar-refractivity contribution in [2.24, 2.45) is 0 Å². The summed E-state index contributed by atoms with van der Waals surface area (Å²) in [5, 5.41) is 4.39. The molecule has 38 heavy (non-hydrogen) atoms. The van der Waals surface area contributed by atoms with E-state index in [2.05, 4.69) is 38.8 Å². The lowest BCUT2D eigenvalue weighted by atomic mass is 10.0. The van der Waals surface area contributed by atoms with E-state index in [0.29, 0.717) is 42.7 Å². The SMILES string of the molecule is CC(C)c1cnn2ccc(-c3nc(Cc4ccc(N5CCN(C6COC6)CCC5=O)cn4)ncc3F)cc12. The molecule has 9 nitrogen and oxygen atoms in total. The zero-order valence-corrected chi connectivity index (χ0v) is 21.5. The van der Waals surface area contributed by atoms with Crippen molar-refractivity contribution in [3.63, 3.8) is 0 Å². The predicted molar refractivity (Wildman–Crippen MR) is 140 cm³/mol. The molecule has 0 unspecified atom stereocenters. The molecule has 0 N–H and O–H groups in total. The maximum Gasteiger partial charge on any atom is 0.228 e. The van der Waals surface area contributed by atoms with Gasteiger partial charge in [0.15, 0.2) is 5.82 Å². The summed E-state index contributed by atoms with van der Waals surface area (Å²) in [6, 6.07) is 7.94. The maximum atomic E-state index is 14.8. The lowest BCUT2D eigenvalue weighted by Gasteiger charge is -2.36. The number of aromatic nitrogens is 5. The molecule has 6 rings (SSSR count). The molecule has 0 spiro atoms. The zero-order chi connectivity index (χ0) is 26.2. The summed E-state index contributed by atoms with van der Waals surface area (Å²) in [6.45, 7) is 7.90. The van der Waals surface area contributed by atoms with Crippen LogP contribution in [0.3, 0.4) is 0 Å². The molecule has 0 aliphatic carbocycles. The van der Waals surface area contributed by atoms with Crippen molar-refractivity contribution < 1.29 is 13.9 Å². The smallest absolute Gasteiger partial charge is 0.228 e. The molecular formula is C28H30FN7O2. The summed E-state index contributed by atoms with van der Waals surface area (Å²) in [5.74, 6) is 0.394. The van der Waals surface area contributed by atoms with Gasteiger partial charge in [-0.3, -0.25) is 14.7 Å². The second-order valence-electron chi connectivity index (χ2n) is 10.2. The van der Waals surface area contributed by atoms with Gasteiger partial charge in [-0.25, -0.2) is 18.9 Å². The van der Waals surface area contributed by atoms with Gasteiger partial charge in [0.25, 0.3) is 0 Å². The first-order chi connectivity index (χ1) is 18.5. The Morgan fingerprint density at radius 3 is 2.68 bits per heavy atom. The minimum atomic E-state index is -0.478. The van der Waals surface area contributed by atoms with Crippen LogP contribution in [0.25, 0.3) is 16.8 Å². The number of anilines is 1. The van der Waals surface area contributed by atoms with Crippen molar-refractivity contribution >= 4 is 17.1 Å². The molecule has 2 fully saturated rings.